The Morgan fingerprint density at radius 2 is 2.26 bits per heavy atom. The molecule has 124 valence electrons. The van der Waals surface area contributed by atoms with E-state index in [1.54, 1.807) is 0 Å². The molecule has 8 heteroatoms. The minimum atomic E-state index is -0.0525. The SMILES string of the molecule is Cc1nc(-c2ccc(Cl)s2)sc1C(=O)NCC1=CCNCC1.Cl. The van der Waals surface area contributed by atoms with Crippen LogP contribution in [0.2, 0.25) is 4.34 Å². The van der Waals surface area contributed by atoms with Crippen LogP contribution in [-0.2, 0) is 0 Å². The number of thiazole rings is 1. The summed E-state index contributed by atoms with van der Waals surface area (Å²) < 4.78 is 0.728. The summed E-state index contributed by atoms with van der Waals surface area (Å²) in [5.41, 5.74) is 2.04. The van der Waals surface area contributed by atoms with Gasteiger partial charge in [-0.3, -0.25) is 4.79 Å². The van der Waals surface area contributed by atoms with Gasteiger partial charge >= 0.3 is 0 Å². The molecule has 4 nitrogen and oxygen atoms in total. The molecule has 0 radical (unpaired) electrons. The summed E-state index contributed by atoms with van der Waals surface area (Å²) in [6, 6.07) is 3.79. The smallest absolute Gasteiger partial charge is 0.263 e. The van der Waals surface area contributed by atoms with E-state index < -0.39 is 0 Å². The number of aromatic nitrogens is 1. The Bertz CT molecular complexity index is 724. The first kappa shape index (κ1) is 18.4. The second-order valence-electron chi connectivity index (χ2n) is 5.04. The summed E-state index contributed by atoms with van der Waals surface area (Å²) in [7, 11) is 0. The van der Waals surface area contributed by atoms with E-state index in [4.69, 9.17) is 11.6 Å². The van der Waals surface area contributed by atoms with Crippen molar-refractivity contribution in [3.63, 3.8) is 0 Å². The van der Waals surface area contributed by atoms with Gasteiger partial charge in [-0.05, 0) is 32.0 Å². The van der Waals surface area contributed by atoms with E-state index in [1.807, 2.05) is 19.1 Å². The minimum Gasteiger partial charge on any atom is -0.348 e. The Kier molecular flexibility index (Phi) is 6.61. The topological polar surface area (TPSA) is 54.0 Å². The highest BCUT2D eigenvalue weighted by atomic mass is 35.5. The van der Waals surface area contributed by atoms with Crippen molar-refractivity contribution in [1.29, 1.82) is 0 Å². The molecule has 3 heterocycles. The molecular weight excluding hydrogens is 373 g/mol. The van der Waals surface area contributed by atoms with E-state index in [0.717, 1.165) is 39.4 Å². The zero-order valence-electron chi connectivity index (χ0n) is 12.5. The number of hydrogen-bond acceptors (Lipinski definition) is 5. The fraction of sp³-hybridized carbons (Fsp3) is 0.333. The van der Waals surface area contributed by atoms with Gasteiger partial charge in [-0.2, -0.15) is 0 Å². The van der Waals surface area contributed by atoms with Crippen molar-refractivity contribution in [2.75, 3.05) is 19.6 Å². The van der Waals surface area contributed by atoms with Crippen molar-refractivity contribution in [2.24, 2.45) is 0 Å². The van der Waals surface area contributed by atoms with Crippen LogP contribution < -0.4 is 10.6 Å². The predicted octanol–water partition coefficient (Wildman–Crippen LogP) is 3.90. The molecule has 23 heavy (non-hydrogen) atoms. The van der Waals surface area contributed by atoms with Crippen molar-refractivity contribution in [1.82, 2.24) is 15.6 Å². The van der Waals surface area contributed by atoms with Gasteiger partial charge in [-0.15, -0.1) is 35.1 Å². The van der Waals surface area contributed by atoms with Gasteiger partial charge in [-0.25, -0.2) is 4.98 Å². The minimum absolute atomic E-state index is 0. The molecule has 0 bridgehead atoms. The van der Waals surface area contributed by atoms with E-state index >= 15 is 0 Å². The molecule has 0 saturated carbocycles. The summed E-state index contributed by atoms with van der Waals surface area (Å²) in [5.74, 6) is -0.0525. The molecule has 0 aromatic carbocycles. The third kappa shape index (κ3) is 4.55. The van der Waals surface area contributed by atoms with Crippen LogP contribution >= 0.6 is 46.7 Å². The fourth-order valence-electron chi connectivity index (χ4n) is 2.25. The average molecular weight is 390 g/mol. The molecule has 0 unspecified atom stereocenters. The molecular formula is C15H17Cl2N3OS2. The lowest BCUT2D eigenvalue weighted by molar-refractivity contribution is 0.0960. The molecule has 0 aliphatic carbocycles. The summed E-state index contributed by atoms with van der Waals surface area (Å²) in [6.45, 7) is 4.34. The maximum absolute atomic E-state index is 12.4. The molecule has 0 saturated heterocycles. The lowest BCUT2D eigenvalue weighted by Crippen LogP contribution is -2.29. The molecule has 0 fully saturated rings. The van der Waals surface area contributed by atoms with Crippen molar-refractivity contribution in [2.45, 2.75) is 13.3 Å². The zero-order chi connectivity index (χ0) is 15.5. The average Bonchev–Trinajstić information content (AvgIpc) is 3.12. The second-order valence-corrected chi connectivity index (χ2v) is 7.75. The molecule has 2 aromatic heterocycles. The number of thiophene rings is 1. The maximum Gasteiger partial charge on any atom is 0.263 e. The summed E-state index contributed by atoms with van der Waals surface area (Å²) >= 11 is 8.85. The first-order valence-corrected chi connectivity index (χ1v) is 9.04. The number of carbonyl (C=O) groups is 1. The zero-order valence-corrected chi connectivity index (χ0v) is 15.7. The van der Waals surface area contributed by atoms with Crippen LogP contribution in [0, 0.1) is 6.92 Å². The number of hydrogen-bond donors (Lipinski definition) is 2. The quantitative estimate of drug-likeness (QED) is 0.779. The van der Waals surface area contributed by atoms with Crippen LogP contribution in [0.15, 0.2) is 23.8 Å². The van der Waals surface area contributed by atoms with Crippen LogP contribution in [0.5, 0.6) is 0 Å². The second kappa shape index (κ2) is 8.26. The van der Waals surface area contributed by atoms with Crippen molar-refractivity contribution >= 4 is 52.6 Å². The van der Waals surface area contributed by atoms with E-state index in [-0.39, 0.29) is 18.3 Å². The van der Waals surface area contributed by atoms with Gasteiger partial charge in [0.15, 0.2) is 0 Å². The number of amides is 1. The Morgan fingerprint density at radius 3 is 2.91 bits per heavy atom. The van der Waals surface area contributed by atoms with Crippen LogP contribution in [-0.4, -0.2) is 30.5 Å². The largest absolute Gasteiger partial charge is 0.348 e. The van der Waals surface area contributed by atoms with Crippen LogP contribution in [0.1, 0.15) is 21.8 Å². The molecule has 2 aromatic rings. The highest BCUT2D eigenvalue weighted by Gasteiger charge is 2.17. The number of rotatable bonds is 4. The van der Waals surface area contributed by atoms with E-state index in [1.165, 1.54) is 28.2 Å². The van der Waals surface area contributed by atoms with E-state index in [9.17, 15) is 4.79 Å². The normalized spacial score (nSPS) is 14.1. The van der Waals surface area contributed by atoms with Gasteiger partial charge in [0.2, 0.25) is 0 Å². The Labute approximate surface area is 154 Å². The Hall–Kier alpha value is -0.920. The van der Waals surface area contributed by atoms with Crippen molar-refractivity contribution in [3.05, 3.63) is 38.7 Å². The van der Waals surface area contributed by atoms with Crippen LogP contribution in [0.3, 0.4) is 0 Å². The molecule has 3 rings (SSSR count). The molecule has 0 atom stereocenters. The maximum atomic E-state index is 12.4. The highest BCUT2D eigenvalue weighted by molar-refractivity contribution is 7.24. The molecule has 2 N–H and O–H groups in total. The van der Waals surface area contributed by atoms with Gasteiger partial charge in [0.25, 0.3) is 5.91 Å². The number of nitrogens with one attached hydrogen (secondary N) is 2. The number of aryl methyl sites for hydroxylation is 1. The summed E-state index contributed by atoms with van der Waals surface area (Å²) in [4.78, 5) is 18.5. The lowest BCUT2D eigenvalue weighted by Gasteiger charge is -2.14. The predicted molar refractivity (Wildman–Crippen MR) is 100 cm³/mol. The lowest BCUT2D eigenvalue weighted by atomic mass is 10.1. The monoisotopic (exact) mass is 389 g/mol. The molecule has 1 amide bonds. The first-order chi connectivity index (χ1) is 10.6. The summed E-state index contributed by atoms with van der Waals surface area (Å²) in [5, 5.41) is 7.10. The van der Waals surface area contributed by atoms with Gasteiger partial charge in [0.1, 0.15) is 9.88 Å². The summed E-state index contributed by atoms with van der Waals surface area (Å²) in [6.07, 6.45) is 3.13. The van der Waals surface area contributed by atoms with Crippen molar-refractivity contribution in [3.8, 4) is 9.88 Å². The number of carbonyl (C=O) groups excluding carboxylic acids is 1. The highest BCUT2D eigenvalue weighted by Crippen LogP contribution is 2.34. The van der Waals surface area contributed by atoms with Gasteiger partial charge in [-0.1, -0.05) is 23.3 Å². The number of nitrogens with zero attached hydrogens (tertiary/aromatic N) is 1. The van der Waals surface area contributed by atoms with Gasteiger partial charge < -0.3 is 10.6 Å². The van der Waals surface area contributed by atoms with Crippen LogP contribution in [0.25, 0.3) is 9.88 Å². The van der Waals surface area contributed by atoms with E-state index in [2.05, 4.69) is 21.7 Å². The third-order valence-electron chi connectivity index (χ3n) is 3.42. The van der Waals surface area contributed by atoms with Gasteiger partial charge in [0, 0.05) is 13.1 Å². The van der Waals surface area contributed by atoms with Crippen molar-refractivity contribution < 1.29 is 4.79 Å². The number of halogens is 2. The first-order valence-electron chi connectivity index (χ1n) is 7.03. The Morgan fingerprint density at radius 1 is 1.43 bits per heavy atom. The molecule has 0 spiro atoms. The van der Waals surface area contributed by atoms with E-state index in [0.29, 0.717) is 11.4 Å². The third-order valence-corrected chi connectivity index (χ3v) is 5.98. The fourth-order valence-corrected chi connectivity index (χ4v) is 4.33. The molecule has 1 aliphatic rings. The molecule has 1 aliphatic heterocycles. The van der Waals surface area contributed by atoms with Gasteiger partial charge in [0.05, 0.1) is 14.9 Å². The Balaban J connectivity index is 0.00000192. The standard InChI is InChI=1S/C15H16ClN3OS2.ClH/c1-9-13(14(20)18-8-10-4-6-17-7-5-10)22-15(19-9)11-2-3-12(16)21-11;/h2-4,17H,5-8H2,1H3,(H,18,20);1H. The van der Waals surface area contributed by atoms with Crippen LogP contribution in [0.4, 0.5) is 0 Å².